The molecule has 112 valence electrons. The molecule has 5 heteroatoms. The van der Waals surface area contributed by atoms with Crippen LogP contribution in [0, 0.1) is 11.3 Å². The van der Waals surface area contributed by atoms with Gasteiger partial charge in [0.1, 0.15) is 0 Å². The van der Waals surface area contributed by atoms with Crippen LogP contribution in [0.1, 0.15) is 39.2 Å². The summed E-state index contributed by atoms with van der Waals surface area (Å²) in [4.78, 5) is 0.319. The smallest absolute Gasteiger partial charge is 0.240 e. The molecule has 0 bridgehead atoms. The fourth-order valence-corrected chi connectivity index (χ4v) is 4.03. The van der Waals surface area contributed by atoms with Gasteiger partial charge in [-0.25, -0.2) is 13.1 Å². The highest BCUT2D eigenvalue weighted by atomic mass is 32.2. The Morgan fingerprint density at radius 1 is 1.35 bits per heavy atom. The van der Waals surface area contributed by atoms with Crippen LogP contribution in [0.25, 0.3) is 0 Å². The Bertz CT molecular complexity index is 590. The van der Waals surface area contributed by atoms with Crippen molar-refractivity contribution >= 4 is 15.7 Å². The van der Waals surface area contributed by atoms with Crippen molar-refractivity contribution < 1.29 is 8.42 Å². The summed E-state index contributed by atoms with van der Waals surface area (Å²) in [5.41, 5.74) is 7.17. The van der Waals surface area contributed by atoms with Gasteiger partial charge in [-0.3, -0.25) is 0 Å². The minimum absolute atomic E-state index is 0.153. The minimum Gasteiger partial charge on any atom is -0.399 e. The maximum Gasteiger partial charge on any atom is 0.240 e. The molecule has 0 amide bonds. The topological polar surface area (TPSA) is 72.2 Å². The van der Waals surface area contributed by atoms with E-state index in [2.05, 4.69) is 18.6 Å². The molecular formula is C15H24N2O2S. The molecule has 1 aliphatic rings. The second-order valence-electron chi connectivity index (χ2n) is 6.06. The number of hydrogen-bond acceptors (Lipinski definition) is 3. The number of rotatable bonds is 6. The van der Waals surface area contributed by atoms with Crippen LogP contribution in [0.5, 0.6) is 0 Å². The zero-order valence-corrected chi connectivity index (χ0v) is 13.3. The molecule has 20 heavy (non-hydrogen) atoms. The summed E-state index contributed by atoms with van der Waals surface area (Å²) >= 11 is 0. The summed E-state index contributed by atoms with van der Waals surface area (Å²) in [5, 5.41) is 0. The normalized spacial score (nSPS) is 17.4. The lowest BCUT2D eigenvalue weighted by Gasteiger charge is -2.20. The zero-order valence-electron chi connectivity index (χ0n) is 12.4. The molecule has 0 unspecified atom stereocenters. The van der Waals surface area contributed by atoms with Crippen LogP contribution in [0.2, 0.25) is 0 Å². The van der Waals surface area contributed by atoms with Crippen LogP contribution in [-0.2, 0) is 16.4 Å². The summed E-state index contributed by atoms with van der Waals surface area (Å²) in [6, 6.07) is 5.09. The molecule has 0 heterocycles. The molecule has 0 aliphatic heterocycles. The van der Waals surface area contributed by atoms with E-state index in [1.165, 1.54) is 0 Å². The number of nitrogens with two attached hydrogens (primary N) is 1. The van der Waals surface area contributed by atoms with Crippen molar-refractivity contribution in [3.63, 3.8) is 0 Å². The molecule has 1 aromatic carbocycles. The highest BCUT2D eigenvalue weighted by Crippen LogP contribution is 2.51. The van der Waals surface area contributed by atoms with Gasteiger partial charge in [0.05, 0.1) is 4.90 Å². The van der Waals surface area contributed by atoms with Gasteiger partial charge in [0.2, 0.25) is 10.0 Å². The van der Waals surface area contributed by atoms with E-state index in [9.17, 15) is 8.42 Å². The van der Waals surface area contributed by atoms with Crippen molar-refractivity contribution in [1.82, 2.24) is 4.72 Å². The molecule has 0 atom stereocenters. The molecule has 4 nitrogen and oxygen atoms in total. The molecule has 3 N–H and O–H groups in total. The molecule has 1 fully saturated rings. The lowest BCUT2D eigenvalue weighted by Crippen LogP contribution is -2.33. The summed E-state index contributed by atoms with van der Waals surface area (Å²) in [6.45, 7) is 6.77. The number of nitrogens with one attached hydrogen (secondary N) is 1. The van der Waals surface area contributed by atoms with E-state index in [0.717, 1.165) is 18.4 Å². The first-order valence-corrected chi connectivity index (χ1v) is 8.67. The summed E-state index contributed by atoms with van der Waals surface area (Å²) < 4.78 is 27.8. The van der Waals surface area contributed by atoms with Gasteiger partial charge in [0.25, 0.3) is 0 Å². The van der Waals surface area contributed by atoms with Gasteiger partial charge >= 0.3 is 0 Å². The fraction of sp³-hybridized carbons (Fsp3) is 0.600. The quantitative estimate of drug-likeness (QED) is 0.792. The van der Waals surface area contributed by atoms with E-state index in [4.69, 9.17) is 5.73 Å². The van der Waals surface area contributed by atoms with E-state index in [1.54, 1.807) is 18.2 Å². The molecule has 1 saturated carbocycles. The molecular weight excluding hydrogens is 272 g/mol. The lowest BCUT2D eigenvalue weighted by molar-refractivity contribution is 0.357. The molecule has 1 aromatic rings. The van der Waals surface area contributed by atoms with Gasteiger partial charge in [-0.2, -0.15) is 0 Å². The highest BCUT2D eigenvalue weighted by molar-refractivity contribution is 7.89. The first-order chi connectivity index (χ1) is 9.31. The van der Waals surface area contributed by atoms with E-state index < -0.39 is 10.0 Å². The van der Waals surface area contributed by atoms with Crippen molar-refractivity contribution in [2.24, 2.45) is 11.3 Å². The summed E-state index contributed by atoms with van der Waals surface area (Å²) in [7, 11) is -3.48. The molecule has 0 radical (unpaired) electrons. The van der Waals surface area contributed by atoms with Gasteiger partial charge in [-0.05, 0) is 48.3 Å². The van der Waals surface area contributed by atoms with Gasteiger partial charge in [-0.1, -0.05) is 26.8 Å². The molecule has 2 rings (SSSR count). The van der Waals surface area contributed by atoms with E-state index in [0.29, 0.717) is 29.5 Å². The third-order valence-corrected chi connectivity index (χ3v) is 5.98. The number of aryl methyl sites for hydroxylation is 1. The number of benzene rings is 1. The van der Waals surface area contributed by atoms with Crippen LogP contribution >= 0.6 is 0 Å². The average molecular weight is 296 g/mol. The number of anilines is 1. The Kier molecular flexibility index (Phi) is 4.12. The van der Waals surface area contributed by atoms with Crippen molar-refractivity contribution in [2.45, 2.75) is 44.9 Å². The van der Waals surface area contributed by atoms with Crippen LogP contribution in [-0.4, -0.2) is 15.0 Å². The average Bonchev–Trinajstić information content (AvgIpc) is 3.18. The van der Waals surface area contributed by atoms with Gasteiger partial charge in [0.15, 0.2) is 0 Å². The highest BCUT2D eigenvalue weighted by Gasteiger charge is 2.45. The number of sulfonamides is 1. The molecule has 0 saturated heterocycles. The van der Waals surface area contributed by atoms with Gasteiger partial charge < -0.3 is 5.73 Å². The lowest BCUT2D eigenvalue weighted by atomic mass is 9.93. The first kappa shape index (κ1) is 15.3. The maximum absolute atomic E-state index is 12.5. The Hall–Kier alpha value is -1.07. The van der Waals surface area contributed by atoms with E-state index in [1.807, 2.05) is 6.92 Å². The summed E-state index contributed by atoms with van der Waals surface area (Å²) in [5.74, 6) is 0.497. The predicted octanol–water partition coefficient (Wildman–Crippen LogP) is 2.55. The molecule has 1 aliphatic carbocycles. The Labute approximate surface area is 121 Å². The molecule has 0 aromatic heterocycles. The number of nitrogen functional groups attached to an aromatic ring is 1. The second-order valence-corrected chi connectivity index (χ2v) is 7.80. The van der Waals surface area contributed by atoms with Crippen molar-refractivity contribution in [2.75, 3.05) is 12.3 Å². The third-order valence-electron chi connectivity index (χ3n) is 4.49. The Morgan fingerprint density at radius 2 is 2.00 bits per heavy atom. The molecule has 0 spiro atoms. The Balaban J connectivity index is 2.21. The Morgan fingerprint density at radius 3 is 2.50 bits per heavy atom. The van der Waals surface area contributed by atoms with E-state index in [-0.39, 0.29) is 5.41 Å². The fourth-order valence-electron chi connectivity index (χ4n) is 2.55. The SMILES string of the molecule is CCc1ccc(N)cc1S(=O)(=O)NCC1(C(C)C)CC1. The van der Waals surface area contributed by atoms with Crippen molar-refractivity contribution in [3.8, 4) is 0 Å². The van der Waals surface area contributed by atoms with E-state index >= 15 is 0 Å². The van der Waals surface area contributed by atoms with Gasteiger partial charge in [-0.15, -0.1) is 0 Å². The van der Waals surface area contributed by atoms with Crippen molar-refractivity contribution in [3.05, 3.63) is 23.8 Å². The minimum atomic E-state index is -3.48. The predicted molar refractivity (Wildman–Crippen MR) is 81.9 cm³/mol. The maximum atomic E-state index is 12.5. The van der Waals surface area contributed by atoms with Crippen LogP contribution in [0.4, 0.5) is 5.69 Å². The van der Waals surface area contributed by atoms with Crippen LogP contribution in [0.3, 0.4) is 0 Å². The number of hydrogen-bond donors (Lipinski definition) is 2. The second kappa shape index (κ2) is 5.37. The first-order valence-electron chi connectivity index (χ1n) is 7.19. The van der Waals surface area contributed by atoms with Gasteiger partial charge in [0, 0.05) is 12.2 Å². The standard InChI is InChI=1S/C15H24N2O2S/c1-4-12-5-6-13(16)9-14(12)20(18,19)17-10-15(7-8-15)11(2)3/h5-6,9,11,17H,4,7-8,10,16H2,1-3H3. The van der Waals surface area contributed by atoms with Crippen LogP contribution in [0.15, 0.2) is 23.1 Å². The third kappa shape index (κ3) is 2.99. The van der Waals surface area contributed by atoms with Crippen LogP contribution < -0.4 is 10.5 Å². The largest absolute Gasteiger partial charge is 0.399 e. The monoisotopic (exact) mass is 296 g/mol. The van der Waals surface area contributed by atoms with Crippen molar-refractivity contribution in [1.29, 1.82) is 0 Å². The zero-order chi connectivity index (χ0) is 15.0. The summed E-state index contributed by atoms with van der Waals surface area (Å²) in [6.07, 6.45) is 2.88.